The van der Waals surface area contributed by atoms with Crippen LogP contribution in [0.4, 0.5) is 4.79 Å². The van der Waals surface area contributed by atoms with Crippen molar-refractivity contribution in [1.82, 2.24) is 19.8 Å². The summed E-state index contributed by atoms with van der Waals surface area (Å²) in [5, 5.41) is 9.07. The summed E-state index contributed by atoms with van der Waals surface area (Å²) in [5.74, 6) is 1.15. The Hall–Kier alpha value is -4.12. The van der Waals surface area contributed by atoms with E-state index in [0.717, 1.165) is 46.7 Å². The Kier molecular flexibility index (Phi) is 9.64. The normalized spacial score (nSPS) is 17.0. The number of hydrogen-bond donors (Lipinski definition) is 1. The first-order chi connectivity index (χ1) is 20.4. The summed E-state index contributed by atoms with van der Waals surface area (Å²) in [5.41, 5.74) is 6.78. The fourth-order valence-corrected chi connectivity index (χ4v) is 5.91. The van der Waals surface area contributed by atoms with Crippen LogP contribution in [0.1, 0.15) is 104 Å². The predicted octanol–water partition coefficient (Wildman–Crippen LogP) is 7.29. The first-order valence-corrected chi connectivity index (χ1v) is 15.4. The zero-order valence-corrected chi connectivity index (χ0v) is 26.9. The van der Waals surface area contributed by atoms with Crippen LogP contribution in [-0.2, 0) is 17.7 Å². The van der Waals surface area contributed by atoms with E-state index in [1.54, 1.807) is 4.90 Å². The number of likely N-dealkylation sites (tertiary alicyclic amines) is 1. The molecule has 0 saturated carbocycles. The summed E-state index contributed by atoms with van der Waals surface area (Å²) in [6, 6.07) is 14.0. The van der Waals surface area contributed by atoms with Gasteiger partial charge in [0.1, 0.15) is 11.4 Å². The molecule has 5 rings (SSSR count). The standard InChI is InChI=1S/C33H39N5O3.C2H6/c1-20-15-21(2)27(31(39)37-13-11-25(12-14-37)24-9-7-23(18-34)8-10-24)17-26(20)30-35-28-16-22(3)38(19-29(28)36-30)32(40)41-33(4,5)6;1-2/h7-10,15,17,22,25H,11-14,16,19H2,1-6H3,(H,35,36);1-2H3. The van der Waals surface area contributed by atoms with Crippen LogP contribution in [0.2, 0.25) is 0 Å². The second-order valence-electron chi connectivity index (χ2n) is 12.5. The summed E-state index contributed by atoms with van der Waals surface area (Å²) < 4.78 is 5.63. The number of aromatic nitrogens is 2. The Morgan fingerprint density at radius 2 is 1.70 bits per heavy atom. The third-order valence-corrected chi connectivity index (χ3v) is 8.19. The molecule has 1 aromatic heterocycles. The van der Waals surface area contributed by atoms with Gasteiger partial charge in [-0.3, -0.25) is 9.69 Å². The minimum Gasteiger partial charge on any atom is -0.444 e. The lowest BCUT2D eigenvalue weighted by molar-refractivity contribution is 0.0134. The van der Waals surface area contributed by atoms with E-state index in [0.29, 0.717) is 43.1 Å². The predicted molar refractivity (Wildman–Crippen MR) is 169 cm³/mol. The second kappa shape index (κ2) is 13.0. The number of benzene rings is 2. The number of nitrogens with zero attached hydrogens (tertiary/aromatic N) is 4. The fraction of sp³-hybridized carbons (Fsp3) is 0.486. The van der Waals surface area contributed by atoms with Crippen LogP contribution >= 0.6 is 0 Å². The lowest BCUT2D eigenvalue weighted by atomic mass is 9.88. The van der Waals surface area contributed by atoms with Crippen molar-refractivity contribution in [3.05, 3.63) is 75.6 Å². The number of amides is 2. The lowest BCUT2D eigenvalue weighted by Gasteiger charge is -2.34. The van der Waals surface area contributed by atoms with E-state index >= 15 is 0 Å². The van der Waals surface area contributed by atoms with E-state index in [9.17, 15) is 9.59 Å². The summed E-state index contributed by atoms with van der Waals surface area (Å²) in [4.78, 5) is 38.6. The molecule has 3 aromatic rings. The second-order valence-corrected chi connectivity index (χ2v) is 12.5. The smallest absolute Gasteiger partial charge is 0.410 e. The fourth-order valence-electron chi connectivity index (χ4n) is 5.91. The van der Waals surface area contributed by atoms with Gasteiger partial charge in [-0.25, -0.2) is 9.78 Å². The van der Waals surface area contributed by atoms with E-state index < -0.39 is 5.60 Å². The van der Waals surface area contributed by atoms with Crippen molar-refractivity contribution in [3.8, 4) is 17.5 Å². The quantitative estimate of drug-likeness (QED) is 0.349. The molecule has 8 nitrogen and oxygen atoms in total. The van der Waals surface area contributed by atoms with Crippen LogP contribution in [0.25, 0.3) is 11.4 Å². The Morgan fingerprint density at radius 3 is 2.30 bits per heavy atom. The maximum absolute atomic E-state index is 13.7. The molecule has 3 heterocycles. The summed E-state index contributed by atoms with van der Waals surface area (Å²) in [6.07, 6.45) is 2.10. The number of aryl methyl sites for hydroxylation is 2. The Labute approximate surface area is 256 Å². The number of rotatable bonds is 3. The van der Waals surface area contributed by atoms with Crippen LogP contribution in [0.5, 0.6) is 0 Å². The van der Waals surface area contributed by atoms with E-state index in [1.165, 1.54) is 5.56 Å². The number of piperidine rings is 1. The van der Waals surface area contributed by atoms with Gasteiger partial charge in [0.2, 0.25) is 0 Å². The van der Waals surface area contributed by atoms with Crippen molar-refractivity contribution in [3.63, 3.8) is 0 Å². The monoisotopic (exact) mass is 583 g/mol. The molecule has 0 aliphatic carbocycles. The van der Waals surface area contributed by atoms with Crippen molar-refractivity contribution in [2.45, 2.75) is 98.8 Å². The molecule has 2 aromatic carbocycles. The number of nitriles is 1. The highest BCUT2D eigenvalue weighted by atomic mass is 16.6. The van der Waals surface area contributed by atoms with Crippen LogP contribution in [0.15, 0.2) is 36.4 Å². The van der Waals surface area contributed by atoms with Crippen LogP contribution in [0.3, 0.4) is 0 Å². The van der Waals surface area contributed by atoms with Crippen molar-refractivity contribution in [2.24, 2.45) is 0 Å². The van der Waals surface area contributed by atoms with E-state index in [1.807, 2.05) is 90.6 Å². The molecule has 228 valence electrons. The number of carbonyl (C=O) groups excluding carboxylic acids is 2. The zero-order valence-electron chi connectivity index (χ0n) is 26.9. The number of H-pyrrole nitrogens is 1. The first-order valence-electron chi connectivity index (χ1n) is 15.4. The van der Waals surface area contributed by atoms with Gasteiger partial charge in [-0.05, 0) is 95.2 Å². The Balaban J connectivity index is 0.00000207. The molecular weight excluding hydrogens is 538 g/mol. The molecule has 43 heavy (non-hydrogen) atoms. The average molecular weight is 584 g/mol. The number of hydrogen-bond acceptors (Lipinski definition) is 5. The number of fused-ring (bicyclic) bond motifs is 1. The molecule has 1 N–H and O–H groups in total. The molecule has 0 bridgehead atoms. The highest BCUT2D eigenvalue weighted by molar-refractivity contribution is 5.97. The molecule has 1 unspecified atom stereocenters. The summed E-state index contributed by atoms with van der Waals surface area (Å²) in [6.45, 7) is 17.4. The number of ether oxygens (including phenoxy) is 1. The third-order valence-electron chi connectivity index (χ3n) is 8.19. The Bertz CT molecular complexity index is 1500. The number of aromatic amines is 1. The van der Waals surface area contributed by atoms with Gasteiger partial charge in [0.15, 0.2) is 0 Å². The van der Waals surface area contributed by atoms with Crippen molar-refractivity contribution in [2.75, 3.05) is 13.1 Å². The van der Waals surface area contributed by atoms with E-state index in [2.05, 4.69) is 17.1 Å². The topological polar surface area (TPSA) is 102 Å². The molecule has 8 heteroatoms. The first kappa shape index (κ1) is 31.8. The highest BCUT2D eigenvalue weighted by Crippen LogP contribution is 2.32. The molecule has 2 aliphatic rings. The molecular formula is C35H45N5O3. The van der Waals surface area contributed by atoms with Crippen LogP contribution < -0.4 is 0 Å². The number of imidazole rings is 1. The van der Waals surface area contributed by atoms with Crippen molar-refractivity contribution in [1.29, 1.82) is 5.26 Å². The average Bonchev–Trinajstić information content (AvgIpc) is 3.39. The zero-order chi connectivity index (χ0) is 31.5. The SMILES string of the molecule is CC.Cc1cc(C)c(-c2nc3c([nH]2)CN(C(=O)OC(C)(C)C)C(C)C3)cc1C(=O)N1CCC(c2ccc(C#N)cc2)CC1. The van der Waals surface area contributed by atoms with Crippen molar-refractivity contribution < 1.29 is 14.3 Å². The maximum Gasteiger partial charge on any atom is 0.410 e. The molecule has 2 aliphatic heterocycles. The van der Waals surface area contributed by atoms with Gasteiger partial charge >= 0.3 is 6.09 Å². The summed E-state index contributed by atoms with van der Waals surface area (Å²) in [7, 11) is 0. The minimum absolute atomic E-state index is 0.0306. The van der Waals surface area contributed by atoms with Crippen LogP contribution in [0, 0.1) is 25.2 Å². The van der Waals surface area contributed by atoms with E-state index in [-0.39, 0.29) is 18.0 Å². The minimum atomic E-state index is -0.558. The van der Waals surface area contributed by atoms with Gasteiger partial charge in [-0.2, -0.15) is 5.26 Å². The number of nitrogens with one attached hydrogen (secondary N) is 1. The molecule has 1 saturated heterocycles. The molecule has 2 amide bonds. The van der Waals surface area contributed by atoms with Crippen LogP contribution in [-0.4, -0.2) is 56.5 Å². The molecule has 0 radical (unpaired) electrons. The van der Waals surface area contributed by atoms with Crippen molar-refractivity contribution >= 4 is 12.0 Å². The summed E-state index contributed by atoms with van der Waals surface area (Å²) >= 11 is 0. The van der Waals surface area contributed by atoms with Gasteiger partial charge in [-0.15, -0.1) is 0 Å². The highest BCUT2D eigenvalue weighted by Gasteiger charge is 2.33. The Morgan fingerprint density at radius 1 is 1.05 bits per heavy atom. The third kappa shape index (κ3) is 7.10. The van der Waals surface area contributed by atoms with Gasteiger partial charge in [0.05, 0.1) is 29.6 Å². The molecule has 1 fully saturated rings. The number of carbonyl (C=O) groups is 2. The van der Waals surface area contributed by atoms with Gasteiger partial charge in [0.25, 0.3) is 5.91 Å². The lowest BCUT2D eigenvalue weighted by Crippen LogP contribution is -2.45. The maximum atomic E-state index is 13.7. The van der Waals surface area contributed by atoms with E-state index in [4.69, 9.17) is 15.0 Å². The van der Waals surface area contributed by atoms with Gasteiger partial charge in [-0.1, -0.05) is 32.0 Å². The molecule has 0 spiro atoms. The van der Waals surface area contributed by atoms with Gasteiger partial charge in [0, 0.05) is 36.7 Å². The molecule has 1 atom stereocenters. The van der Waals surface area contributed by atoms with Gasteiger partial charge < -0.3 is 14.6 Å². The largest absolute Gasteiger partial charge is 0.444 e.